The van der Waals surface area contributed by atoms with Crippen molar-refractivity contribution in [2.24, 2.45) is 0 Å². The molecule has 22 heavy (non-hydrogen) atoms. The standard InChI is InChI=1S/C18H16O4/c19-17(15-9-3-1-4-10-15)21-13-7-8-14-22-18(20)16-11-5-2-6-12-16/h1-12H,13-14H2/b8-7-. The molecule has 0 unspecified atom stereocenters. The monoisotopic (exact) mass is 296 g/mol. The highest BCUT2D eigenvalue weighted by Crippen LogP contribution is 2.02. The molecule has 4 heteroatoms. The van der Waals surface area contributed by atoms with Crippen LogP contribution in [0.1, 0.15) is 20.7 Å². The van der Waals surface area contributed by atoms with E-state index in [1.54, 1.807) is 60.7 Å². The fourth-order valence-electron chi connectivity index (χ4n) is 1.70. The summed E-state index contributed by atoms with van der Waals surface area (Å²) in [4.78, 5) is 23.3. The molecule has 2 rings (SSSR count). The molecule has 0 radical (unpaired) electrons. The summed E-state index contributed by atoms with van der Waals surface area (Å²) in [6.45, 7) is 0.271. The summed E-state index contributed by atoms with van der Waals surface area (Å²) >= 11 is 0. The van der Waals surface area contributed by atoms with E-state index in [1.165, 1.54) is 0 Å². The molecule has 0 amide bonds. The van der Waals surface area contributed by atoms with Crippen molar-refractivity contribution in [3.8, 4) is 0 Å². The molecule has 2 aromatic carbocycles. The van der Waals surface area contributed by atoms with Crippen LogP contribution in [-0.4, -0.2) is 25.2 Å². The number of carbonyl (C=O) groups is 2. The first-order valence-corrected chi connectivity index (χ1v) is 6.87. The molecule has 0 bridgehead atoms. The van der Waals surface area contributed by atoms with Crippen LogP contribution in [0, 0.1) is 0 Å². The van der Waals surface area contributed by atoms with E-state index in [1.807, 2.05) is 12.1 Å². The van der Waals surface area contributed by atoms with Gasteiger partial charge in [0.25, 0.3) is 0 Å². The third-order valence-electron chi connectivity index (χ3n) is 2.81. The Labute approximate surface area is 129 Å². The van der Waals surface area contributed by atoms with Crippen molar-refractivity contribution in [2.45, 2.75) is 0 Å². The zero-order chi connectivity index (χ0) is 15.6. The van der Waals surface area contributed by atoms with E-state index in [9.17, 15) is 9.59 Å². The summed E-state index contributed by atoms with van der Waals surface area (Å²) in [5, 5.41) is 0. The quantitative estimate of drug-likeness (QED) is 0.606. The number of benzene rings is 2. The fraction of sp³-hybridized carbons (Fsp3) is 0.111. The lowest BCUT2D eigenvalue weighted by molar-refractivity contribution is 0.0527. The summed E-state index contributed by atoms with van der Waals surface area (Å²) in [5.74, 6) is -0.766. The lowest BCUT2D eigenvalue weighted by atomic mass is 10.2. The summed E-state index contributed by atoms with van der Waals surface area (Å²) < 4.78 is 10.1. The predicted molar refractivity (Wildman–Crippen MR) is 82.6 cm³/mol. The third kappa shape index (κ3) is 4.90. The number of carbonyl (C=O) groups excluding carboxylic acids is 2. The van der Waals surface area contributed by atoms with Gasteiger partial charge < -0.3 is 9.47 Å². The maximum Gasteiger partial charge on any atom is 0.338 e. The van der Waals surface area contributed by atoms with E-state index in [0.717, 1.165) is 0 Å². The van der Waals surface area contributed by atoms with E-state index in [2.05, 4.69) is 0 Å². The Hall–Kier alpha value is -2.88. The van der Waals surface area contributed by atoms with Crippen LogP contribution < -0.4 is 0 Å². The van der Waals surface area contributed by atoms with Crippen LogP contribution in [0.25, 0.3) is 0 Å². The van der Waals surface area contributed by atoms with Crippen LogP contribution in [0.5, 0.6) is 0 Å². The second-order valence-corrected chi connectivity index (χ2v) is 4.40. The molecule has 0 atom stereocenters. The van der Waals surface area contributed by atoms with Crippen molar-refractivity contribution in [3.05, 3.63) is 83.9 Å². The van der Waals surface area contributed by atoms with Gasteiger partial charge in [-0.1, -0.05) is 36.4 Å². The molecule has 112 valence electrons. The molecule has 0 aliphatic rings. The molecular formula is C18H16O4. The highest BCUT2D eigenvalue weighted by atomic mass is 16.5. The predicted octanol–water partition coefficient (Wildman–Crippen LogP) is 3.26. The van der Waals surface area contributed by atoms with Gasteiger partial charge in [-0.25, -0.2) is 9.59 Å². The summed E-state index contributed by atoms with van der Waals surface area (Å²) in [5.41, 5.74) is 1.01. The number of hydrogen-bond donors (Lipinski definition) is 0. The minimum atomic E-state index is -0.383. The third-order valence-corrected chi connectivity index (χ3v) is 2.81. The molecule has 0 fully saturated rings. The van der Waals surface area contributed by atoms with Crippen molar-refractivity contribution in [3.63, 3.8) is 0 Å². The molecular weight excluding hydrogens is 280 g/mol. The van der Waals surface area contributed by atoms with E-state index in [0.29, 0.717) is 11.1 Å². The minimum absolute atomic E-state index is 0.136. The Morgan fingerprint density at radius 2 is 1.05 bits per heavy atom. The van der Waals surface area contributed by atoms with E-state index in [-0.39, 0.29) is 25.2 Å². The maximum atomic E-state index is 11.6. The van der Waals surface area contributed by atoms with Crippen molar-refractivity contribution >= 4 is 11.9 Å². The van der Waals surface area contributed by atoms with Crippen molar-refractivity contribution < 1.29 is 19.1 Å². The number of hydrogen-bond acceptors (Lipinski definition) is 4. The molecule has 0 aliphatic carbocycles. The van der Waals surface area contributed by atoms with Crippen LogP contribution in [0.3, 0.4) is 0 Å². The van der Waals surface area contributed by atoms with Gasteiger partial charge in [-0.15, -0.1) is 0 Å². The molecule has 0 saturated heterocycles. The van der Waals surface area contributed by atoms with Crippen molar-refractivity contribution in [1.29, 1.82) is 0 Å². The summed E-state index contributed by atoms with van der Waals surface area (Å²) in [6, 6.07) is 17.5. The Morgan fingerprint density at radius 3 is 1.41 bits per heavy atom. The van der Waals surface area contributed by atoms with E-state index >= 15 is 0 Å². The topological polar surface area (TPSA) is 52.6 Å². The second kappa shape index (κ2) is 8.42. The molecule has 2 aromatic rings. The maximum absolute atomic E-state index is 11.6. The van der Waals surface area contributed by atoms with Gasteiger partial charge in [0.15, 0.2) is 0 Å². The molecule has 0 aromatic heterocycles. The lowest BCUT2D eigenvalue weighted by Crippen LogP contribution is -2.06. The van der Waals surface area contributed by atoms with Gasteiger partial charge in [0.2, 0.25) is 0 Å². The van der Waals surface area contributed by atoms with Gasteiger partial charge in [0.1, 0.15) is 13.2 Å². The lowest BCUT2D eigenvalue weighted by Gasteiger charge is -2.02. The molecule has 4 nitrogen and oxygen atoms in total. The average molecular weight is 296 g/mol. The van der Waals surface area contributed by atoms with Crippen LogP contribution >= 0.6 is 0 Å². The number of rotatable bonds is 6. The fourth-order valence-corrected chi connectivity index (χ4v) is 1.70. The van der Waals surface area contributed by atoms with Gasteiger partial charge >= 0.3 is 11.9 Å². The normalized spacial score (nSPS) is 10.4. The summed E-state index contributed by atoms with van der Waals surface area (Å²) in [7, 11) is 0. The van der Waals surface area contributed by atoms with Gasteiger partial charge in [-0.05, 0) is 36.4 Å². The minimum Gasteiger partial charge on any atom is -0.458 e. The van der Waals surface area contributed by atoms with Gasteiger partial charge in [0, 0.05) is 0 Å². The SMILES string of the molecule is O=C(OC/C=C\COC(=O)c1ccccc1)c1ccccc1. The highest BCUT2D eigenvalue weighted by molar-refractivity contribution is 5.89. The first-order chi connectivity index (χ1) is 10.8. The number of esters is 2. The van der Waals surface area contributed by atoms with Crippen LogP contribution in [0.4, 0.5) is 0 Å². The Morgan fingerprint density at radius 1 is 0.682 bits per heavy atom. The molecule has 0 heterocycles. The van der Waals surface area contributed by atoms with Crippen LogP contribution in [0.2, 0.25) is 0 Å². The van der Waals surface area contributed by atoms with Gasteiger partial charge in [0.05, 0.1) is 11.1 Å². The van der Waals surface area contributed by atoms with E-state index < -0.39 is 0 Å². The summed E-state index contributed by atoms with van der Waals surface area (Å²) in [6.07, 6.45) is 3.28. The number of ether oxygens (including phenoxy) is 2. The molecule has 0 spiro atoms. The Balaban J connectivity index is 1.67. The first kappa shape index (κ1) is 15.5. The average Bonchev–Trinajstić information content (AvgIpc) is 2.59. The smallest absolute Gasteiger partial charge is 0.338 e. The molecule has 0 aliphatic heterocycles. The zero-order valence-electron chi connectivity index (χ0n) is 12.0. The van der Waals surface area contributed by atoms with Crippen LogP contribution in [-0.2, 0) is 9.47 Å². The van der Waals surface area contributed by atoms with Crippen molar-refractivity contribution in [2.75, 3.05) is 13.2 Å². The van der Waals surface area contributed by atoms with Gasteiger partial charge in [-0.2, -0.15) is 0 Å². The highest BCUT2D eigenvalue weighted by Gasteiger charge is 2.05. The van der Waals surface area contributed by atoms with Crippen molar-refractivity contribution in [1.82, 2.24) is 0 Å². The largest absolute Gasteiger partial charge is 0.458 e. The molecule has 0 N–H and O–H groups in total. The first-order valence-electron chi connectivity index (χ1n) is 6.87. The zero-order valence-corrected chi connectivity index (χ0v) is 12.0. The van der Waals surface area contributed by atoms with E-state index in [4.69, 9.17) is 9.47 Å². The van der Waals surface area contributed by atoms with Crippen LogP contribution in [0.15, 0.2) is 72.8 Å². The second-order valence-electron chi connectivity index (χ2n) is 4.40. The van der Waals surface area contributed by atoms with Gasteiger partial charge in [-0.3, -0.25) is 0 Å². The Kier molecular flexibility index (Phi) is 5.93. The molecule has 0 saturated carbocycles. The Bertz CT molecular complexity index is 575.